The Hall–Kier alpha value is -2.60. The normalized spacial score (nSPS) is 11.9. The van der Waals surface area contributed by atoms with Gasteiger partial charge in [0.25, 0.3) is 5.22 Å². The third-order valence-electron chi connectivity index (χ3n) is 3.38. The lowest BCUT2D eigenvalue weighted by atomic mass is 10.2. The summed E-state index contributed by atoms with van der Waals surface area (Å²) in [4.78, 5) is 12.2. The number of hydrogen-bond acceptors (Lipinski definition) is 5. The van der Waals surface area contributed by atoms with E-state index in [1.54, 1.807) is 0 Å². The zero-order valence-electron chi connectivity index (χ0n) is 13.2. The second-order valence-electron chi connectivity index (χ2n) is 5.20. The average Bonchev–Trinajstić information content (AvgIpc) is 3.10. The lowest BCUT2D eigenvalue weighted by Gasteiger charge is -2.09. The average molecular weight is 339 g/mol. The van der Waals surface area contributed by atoms with E-state index in [2.05, 4.69) is 15.5 Å². The molecule has 3 rings (SSSR count). The van der Waals surface area contributed by atoms with Gasteiger partial charge in [0.15, 0.2) is 0 Å². The van der Waals surface area contributed by atoms with E-state index in [4.69, 9.17) is 4.42 Å². The maximum atomic E-state index is 12.2. The second kappa shape index (κ2) is 7.79. The highest BCUT2D eigenvalue weighted by Gasteiger charge is 2.18. The van der Waals surface area contributed by atoms with Crippen molar-refractivity contribution in [3.8, 4) is 11.5 Å². The van der Waals surface area contributed by atoms with Gasteiger partial charge >= 0.3 is 0 Å². The SMILES string of the molecule is CC(Sc1nnc(-c2ccccc2)o1)C(=O)NCc1ccccc1. The van der Waals surface area contributed by atoms with Crippen LogP contribution in [0.15, 0.2) is 70.3 Å². The molecule has 5 nitrogen and oxygen atoms in total. The van der Waals surface area contributed by atoms with E-state index in [0.717, 1.165) is 11.1 Å². The molecule has 1 unspecified atom stereocenters. The van der Waals surface area contributed by atoms with Crippen LogP contribution in [0.3, 0.4) is 0 Å². The molecule has 1 N–H and O–H groups in total. The Kier molecular flexibility index (Phi) is 5.28. The van der Waals surface area contributed by atoms with Gasteiger partial charge in [-0.15, -0.1) is 10.2 Å². The molecule has 1 aromatic heterocycles. The third kappa shape index (κ3) is 4.23. The molecule has 0 fully saturated rings. The van der Waals surface area contributed by atoms with Crippen molar-refractivity contribution in [2.75, 3.05) is 0 Å². The number of nitrogens with one attached hydrogen (secondary N) is 1. The Bertz CT molecular complexity index is 790. The molecule has 3 aromatic rings. The maximum absolute atomic E-state index is 12.2. The van der Waals surface area contributed by atoms with Gasteiger partial charge in [0.05, 0.1) is 5.25 Å². The second-order valence-corrected chi connectivity index (χ2v) is 6.49. The highest BCUT2D eigenvalue weighted by molar-refractivity contribution is 8.00. The number of carbonyl (C=O) groups excluding carboxylic acids is 1. The molecule has 0 bridgehead atoms. The predicted octanol–water partition coefficient (Wildman–Crippen LogP) is 3.53. The summed E-state index contributed by atoms with van der Waals surface area (Å²) in [7, 11) is 0. The summed E-state index contributed by atoms with van der Waals surface area (Å²) < 4.78 is 5.61. The first-order chi connectivity index (χ1) is 11.7. The van der Waals surface area contributed by atoms with Gasteiger partial charge in [0.2, 0.25) is 11.8 Å². The van der Waals surface area contributed by atoms with Crippen molar-refractivity contribution in [2.45, 2.75) is 23.9 Å². The van der Waals surface area contributed by atoms with Crippen LogP contribution < -0.4 is 5.32 Å². The smallest absolute Gasteiger partial charge is 0.277 e. The monoisotopic (exact) mass is 339 g/mol. The molecule has 0 aliphatic carbocycles. The Balaban J connectivity index is 1.55. The number of benzene rings is 2. The van der Waals surface area contributed by atoms with Gasteiger partial charge in [-0.3, -0.25) is 4.79 Å². The first-order valence-corrected chi connectivity index (χ1v) is 8.47. The highest BCUT2D eigenvalue weighted by Crippen LogP contribution is 2.26. The van der Waals surface area contributed by atoms with Crippen LogP contribution in [0.2, 0.25) is 0 Å². The standard InChI is InChI=1S/C18H17N3O2S/c1-13(16(22)19-12-14-8-4-2-5-9-14)24-18-21-20-17(23-18)15-10-6-3-7-11-15/h2-11,13H,12H2,1H3,(H,19,22). The molecule has 24 heavy (non-hydrogen) atoms. The molecule has 0 aliphatic rings. The predicted molar refractivity (Wildman–Crippen MR) is 93.3 cm³/mol. The van der Waals surface area contributed by atoms with Crippen molar-refractivity contribution >= 4 is 17.7 Å². The van der Waals surface area contributed by atoms with Crippen molar-refractivity contribution in [3.63, 3.8) is 0 Å². The fourth-order valence-corrected chi connectivity index (χ4v) is 2.80. The molecule has 6 heteroatoms. The number of aromatic nitrogens is 2. The van der Waals surface area contributed by atoms with Crippen molar-refractivity contribution in [3.05, 3.63) is 66.2 Å². The topological polar surface area (TPSA) is 68.0 Å². The van der Waals surface area contributed by atoms with Crippen molar-refractivity contribution in [1.82, 2.24) is 15.5 Å². The third-order valence-corrected chi connectivity index (χ3v) is 4.32. The van der Waals surface area contributed by atoms with Crippen LogP contribution in [0.25, 0.3) is 11.5 Å². The summed E-state index contributed by atoms with van der Waals surface area (Å²) in [6.07, 6.45) is 0. The molecular formula is C18H17N3O2S. The summed E-state index contributed by atoms with van der Waals surface area (Å²) >= 11 is 1.25. The number of nitrogens with zero attached hydrogens (tertiary/aromatic N) is 2. The van der Waals surface area contributed by atoms with E-state index in [-0.39, 0.29) is 11.2 Å². The van der Waals surface area contributed by atoms with E-state index in [0.29, 0.717) is 17.7 Å². The summed E-state index contributed by atoms with van der Waals surface area (Å²) in [5, 5.41) is 11.0. The van der Waals surface area contributed by atoms with E-state index in [9.17, 15) is 4.79 Å². The minimum absolute atomic E-state index is 0.0664. The van der Waals surface area contributed by atoms with Crippen LogP contribution in [-0.2, 0) is 11.3 Å². The molecule has 0 aliphatic heterocycles. The molecule has 1 heterocycles. The van der Waals surface area contributed by atoms with Gasteiger partial charge in [-0.1, -0.05) is 60.3 Å². The van der Waals surface area contributed by atoms with E-state index < -0.39 is 0 Å². The highest BCUT2D eigenvalue weighted by atomic mass is 32.2. The zero-order chi connectivity index (χ0) is 16.8. The first kappa shape index (κ1) is 16.3. The van der Waals surface area contributed by atoms with Crippen LogP contribution in [0, 0.1) is 0 Å². The Morgan fingerprint density at radius 3 is 2.46 bits per heavy atom. The molecule has 0 saturated carbocycles. The van der Waals surface area contributed by atoms with E-state index in [1.807, 2.05) is 67.6 Å². The van der Waals surface area contributed by atoms with Crippen LogP contribution in [0.4, 0.5) is 0 Å². The molecule has 1 amide bonds. The quantitative estimate of drug-likeness (QED) is 0.696. The minimum atomic E-state index is -0.321. The van der Waals surface area contributed by atoms with Crippen molar-refractivity contribution < 1.29 is 9.21 Å². The Labute approximate surface area is 144 Å². The fraction of sp³-hybridized carbons (Fsp3) is 0.167. The van der Waals surface area contributed by atoms with Crippen molar-refractivity contribution in [2.24, 2.45) is 0 Å². The number of hydrogen-bond donors (Lipinski definition) is 1. The number of amides is 1. The molecule has 122 valence electrons. The Morgan fingerprint density at radius 2 is 1.75 bits per heavy atom. The fourth-order valence-electron chi connectivity index (χ4n) is 2.09. The van der Waals surface area contributed by atoms with Crippen LogP contribution in [-0.4, -0.2) is 21.4 Å². The summed E-state index contributed by atoms with van der Waals surface area (Å²) in [5.74, 6) is 0.387. The lowest BCUT2D eigenvalue weighted by Crippen LogP contribution is -2.30. The van der Waals surface area contributed by atoms with Crippen LogP contribution in [0.5, 0.6) is 0 Å². The molecule has 0 saturated heterocycles. The molecule has 0 radical (unpaired) electrons. The van der Waals surface area contributed by atoms with Crippen molar-refractivity contribution in [1.29, 1.82) is 0 Å². The lowest BCUT2D eigenvalue weighted by molar-refractivity contribution is -0.120. The number of rotatable bonds is 6. The van der Waals surface area contributed by atoms with Gasteiger partial charge in [-0.2, -0.15) is 0 Å². The molecule has 0 spiro atoms. The molecular weight excluding hydrogens is 322 g/mol. The summed E-state index contributed by atoms with van der Waals surface area (Å²) in [6.45, 7) is 2.32. The van der Waals surface area contributed by atoms with Gasteiger partial charge in [-0.05, 0) is 24.6 Å². The minimum Gasteiger partial charge on any atom is -0.411 e. The van der Waals surface area contributed by atoms with Crippen LogP contribution >= 0.6 is 11.8 Å². The molecule has 1 atom stereocenters. The number of thioether (sulfide) groups is 1. The number of carbonyl (C=O) groups is 1. The molecule has 2 aromatic carbocycles. The van der Waals surface area contributed by atoms with Gasteiger partial charge in [0, 0.05) is 12.1 Å². The van der Waals surface area contributed by atoms with Gasteiger partial charge in [-0.25, -0.2) is 0 Å². The Morgan fingerprint density at radius 1 is 1.08 bits per heavy atom. The summed E-state index contributed by atoms with van der Waals surface area (Å²) in [5.41, 5.74) is 1.92. The zero-order valence-corrected chi connectivity index (χ0v) is 14.0. The van der Waals surface area contributed by atoms with Gasteiger partial charge < -0.3 is 9.73 Å². The van der Waals surface area contributed by atoms with E-state index >= 15 is 0 Å². The largest absolute Gasteiger partial charge is 0.411 e. The van der Waals surface area contributed by atoms with E-state index in [1.165, 1.54) is 11.8 Å². The van der Waals surface area contributed by atoms with Gasteiger partial charge in [0.1, 0.15) is 0 Å². The maximum Gasteiger partial charge on any atom is 0.277 e. The first-order valence-electron chi connectivity index (χ1n) is 7.59. The van der Waals surface area contributed by atoms with Crippen LogP contribution in [0.1, 0.15) is 12.5 Å². The summed E-state index contributed by atoms with van der Waals surface area (Å²) in [6, 6.07) is 19.3.